The zero-order valence-corrected chi connectivity index (χ0v) is 56.0. The third kappa shape index (κ3) is 21.4. The minimum absolute atomic E-state index is 0.00282. The molecule has 13 amide bonds. The van der Waals surface area contributed by atoms with Gasteiger partial charge in [0.05, 0.1) is 6.42 Å². The van der Waals surface area contributed by atoms with E-state index in [2.05, 4.69) is 68.5 Å². The summed E-state index contributed by atoms with van der Waals surface area (Å²) in [4.78, 5) is 197. The first kappa shape index (κ1) is 74.1. The first-order valence-corrected chi connectivity index (χ1v) is 33.3. The summed E-state index contributed by atoms with van der Waals surface area (Å²) in [5.41, 5.74) is 19.2. The highest BCUT2D eigenvalue weighted by atomic mass is 35.5. The average Bonchev–Trinajstić information content (AvgIpc) is 1.82. The van der Waals surface area contributed by atoms with E-state index in [1.165, 1.54) is 4.90 Å². The monoisotopic (exact) mass is 1380 g/mol. The van der Waals surface area contributed by atoms with E-state index in [1.54, 1.807) is 80.7 Å². The van der Waals surface area contributed by atoms with E-state index in [9.17, 15) is 43.2 Å². The maximum absolute atomic E-state index is 15.3. The number of carbonyl (C=O) groups excluding carboxylic acids is 13. The molecule has 18 N–H and O–H groups in total. The molecule has 3 aliphatic heterocycles. The number of aromatic nitrogens is 1. The maximum Gasteiger partial charge on any atom is 0.245 e. The first-order valence-electron chi connectivity index (χ1n) is 32.9. The molecule has 0 saturated carbocycles. The fourth-order valence-electron chi connectivity index (χ4n) is 12.2. The Morgan fingerprint density at radius 2 is 1.22 bits per heavy atom. The molecule has 99 heavy (non-hydrogen) atoms. The highest BCUT2D eigenvalue weighted by Crippen LogP contribution is 2.24. The fraction of sp³-hybridized carbons (Fsp3) is 0.441. The second kappa shape index (κ2) is 35.0. The molecule has 0 spiro atoms. The molecule has 4 aromatic carbocycles. The summed E-state index contributed by atoms with van der Waals surface area (Å²) in [6.45, 7) is 3.73. The number of H-pyrrole nitrogens is 1. The lowest BCUT2D eigenvalue weighted by Crippen LogP contribution is -2.61. The van der Waals surface area contributed by atoms with Gasteiger partial charge in [-0.1, -0.05) is 98.2 Å². The third-order valence-electron chi connectivity index (χ3n) is 17.3. The second-order valence-corrected chi connectivity index (χ2v) is 25.8. The van der Waals surface area contributed by atoms with Gasteiger partial charge in [0, 0.05) is 80.9 Å². The van der Waals surface area contributed by atoms with Crippen LogP contribution in [0.2, 0.25) is 5.02 Å². The number of nitrogens with one attached hydrogen (secondary N) is 12. The van der Waals surface area contributed by atoms with Crippen LogP contribution in [0.5, 0.6) is 0 Å². The van der Waals surface area contributed by atoms with Crippen LogP contribution < -0.4 is 75.7 Å². The minimum atomic E-state index is -1.98. The summed E-state index contributed by atoms with van der Waals surface area (Å²) < 4.78 is 0. The molecule has 3 aliphatic rings. The van der Waals surface area contributed by atoms with Crippen molar-refractivity contribution >= 4 is 116 Å². The highest BCUT2D eigenvalue weighted by Gasteiger charge is 2.41. The number of rotatable bonds is 14. The van der Waals surface area contributed by atoms with Crippen LogP contribution >= 0.6 is 11.6 Å². The van der Waals surface area contributed by atoms with Gasteiger partial charge in [-0.25, -0.2) is 0 Å². The number of benzene rings is 4. The van der Waals surface area contributed by atoms with Crippen LogP contribution in [0.15, 0.2) is 102 Å². The van der Waals surface area contributed by atoms with Crippen molar-refractivity contribution in [3.63, 3.8) is 0 Å². The molecule has 0 radical (unpaired) electrons. The Morgan fingerprint density at radius 1 is 0.616 bits per heavy atom. The number of aromatic amines is 1. The van der Waals surface area contributed by atoms with Gasteiger partial charge in [-0.05, 0) is 96.5 Å². The van der Waals surface area contributed by atoms with E-state index in [4.69, 9.17) is 28.8 Å². The van der Waals surface area contributed by atoms with Crippen molar-refractivity contribution in [1.29, 1.82) is 0 Å². The number of amides is 13. The normalized spacial score (nSPS) is 24.2. The predicted octanol–water partition coefficient (Wildman–Crippen LogP) is -1.22. The van der Waals surface area contributed by atoms with Gasteiger partial charge in [-0.2, -0.15) is 0 Å². The van der Waals surface area contributed by atoms with E-state index in [0.29, 0.717) is 39.0 Å². The molecular formula is C68H86ClN17O13. The van der Waals surface area contributed by atoms with Crippen LogP contribution in [-0.2, 0) is 81.6 Å². The van der Waals surface area contributed by atoms with Crippen molar-refractivity contribution < 1.29 is 62.3 Å². The first-order chi connectivity index (χ1) is 47.3. The molecule has 30 nitrogen and oxygen atoms in total. The van der Waals surface area contributed by atoms with E-state index < -0.39 is 163 Å². The summed E-state index contributed by atoms with van der Waals surface area (Å²) in [6.07, 6.45) is -0.746. The molecule has 4 heterocycles. The fourth-order valence-corrected chi connectivity index (χ4v) is 12.3. The van der Waals surface area contributed by atoms with Crippen LogP contribution in [0, 0.1) is 5.92 Å². The standard InChI is InChI=1S/C68H86ClN17O13/c1-36(2)28-49-61(93)79-48(14-8-25-74-68(71)72)67(99)86-27-9-15-55(86)66(98)85-54(58(70)90)35-76-57(89)33-53-65(97)78-47(60(92)82-51(63(95)80-49)31-39-16-19-40-10-4-5-11-41(40)29-39)24-26-73-56(88)23-22-46(77-37(3)87)59(91)81-50(30-38-17-20-43(69)21-18-38)62(94)83-52(64(96)84-53)32-42-34-75-45-13-7-6-12-44(42)45/h4-7,10-13,16-21,29,34,36,46-55,75H,8-9,14-15,22-28,30-33,35H2,1-3H3,(H2,70,90)(H,73,88)(H,76,89)(H,77,87)(H,78,97)(H,79,93)(H,80,95)(H,81,91)(H,82,92)(H,83,94)(H,84,96)(H,85,98)(H4,71,72,74)/t46-,47-,48+,49-,50+,51-,52-,53-,54-,55-/m1/s1. The molecule has 1 aromatic heterocycles. The molecule has 2 bridgehead atoms. The molecule has 3 fully saturated rings. The van der Waals surface area contributed by atoms with Gasteiger partial charge in [0.2, 0.25) is 76.8 Å². The topological polar surface area (TPSA) is 464 Å². The second-order valence-electron chi connectivity index (χ2n) is 25.4. The number of primary amides is 1. The van der Waals surface area contributed by atoms with Gasteiger partial charge in [-0.15, -0.1) is 0 Å². The Hall–Kier alpha value is -10.7. The molecule has 10 atom stereocenters. The number of carbonyl (C=O) groups is 13. The largest absolute Gasteiger partial charge is 0.370 e. The van der Waals surface area contributed by atoms with Crippen molar-refractivity contribution in [2.45, 2.75) is 158 Å². The number of halogens is 1. The van der Waals surface area contributed by atoms with Crippen molar-refractivity contribution in [2.24, 2.45) is 28.1 Å². The zero-order valence-electron chi connectivity index (χ0n) is 55.2. The number of hydrogen-bond donors (Lipinski definition) is 15. The molecule has 8 rings (SSSR count). The SMILES string of the molecule is CC(=O)N[C@@H]1CCC(=O)NCC[C@H]2NC(=O)[C@@H](CC(=O)NC[C@H](C(N)=O)NC(=O)[C@H]3CCCN3C(=O)[C@H](CCCN=C(N)N)NC(=O)[C@@H](CC(C)C)NC(=O)[C@@H](Cc3ccc4ccccc4c3)NC2=O)NC(=O)[C@@H](Cc2c[nH]c3ccccc23)NC(=O)[C@H](Cc2ccc(Cl)cc2)NC1=O. The van der Waals surface area contributed by atoms with E-state index in [-0.39, 0.29) is 82.9 Å². The average molecular weight is 1380 g/mol. The Balaban J connectivity index is 1.23. The number of para-hydroxylation sites is 1. The summed E-state index contributed by atoms with van der Waals surface area (Å²) in [5.74, 6) is -12.3. The zero-order chi connectivity index (χ0) is 71.4. The molecule has 0 aliphatic carbocycles. The number of nitrogens with two attached hydrogens (primary N) is 3. The van der Waals surface area contributed by atoms with Gasteiger partial charge >= 0.3 is 0 Å². The Labute approximate surface area is 575 Å². The Morgan fingerprint density at radius 3 is 1.93 bits per heavy atom. The highest BCUT2D eigenvalue weighted by molar-refractivity contribution is 6.30. The number of fused-ring (bicyclic) bond motifs is 6. The van der Waals surface area contributed by atoms with Gasteiger partial charge in [0.15, 0.2) is 5.96 Å². The molecule has 31 heteroatoms. The van der Waals surface area contributed by atoms with Crippen LogP contribution in [0.3, 0.4) is 0 Å². The number of nitrogens with zero attached hydrogens (tertiary/aromatic N) is 2. The summed E-state index contributed by atoms with van der Waals surface area (Å²) in [6, 6.07) is 10.7. The summed E-state index contributed by atoms with van der Waals surface area (Å²) >= 11 is 6.23. The van der Waals surface area contributed by atoms with E-state index >= 15 is 19.2 Å². The Bertz CT molecular complexity index is 3860. The quantitative estimate of drug-likeness (QED) is 0.0352. The van der Waals surface area contributed by atoms with Gasteiger partial charge in [0.25, 0.3) is 0 Å². The van der Waals surface area contributed by atoms with Gasteiger partial charge in [-0.3, -0.25) is 67.3 Å². The number of aliphatic imine (C=N–C) groups is 1. The molecule has 5 aromatic rings. The summed E-state index contributed by atoms with van der Waals surface area (Å²) in [7, 11) is 0. The number of hydrogen-bond acceptors (Lipinski definition) is 14. The molecule has 528 valence electrons. The van der Waals surface area contributed by atoms with Crippen molar-refractivity contribution in [2.75, 3.05) is 26.2 Å². The molecular weight excluding hydrogens is 1300 g/mol. The smallest absolute Gasteiger partial charge is 0.245 e. The van der Waals surface area contributed by atoms with Gasteiger partial charge < -0.3 is 85.6 Å². The molecule has 0 unspecified atom stereocenters. The Kier molecular flexibility index (Phi) is 26.2. The predicted molar refractivity (Wildman–Crippen MR) is 366 cm³/mol. The minimum Gasteiger partial charge on any atom is -0.370 e. The van der Waals surface area contributed by atoms with Crippen LogP contribution in [0.4, 0.5) is 0 Å². The lowest BCUT2D eigenvalue weighted by atomic mass is 9.98. The summed E-state index contributed by atoms with van der Waals surface area (Å²) in [5, 5.41) is 31.8. The van der Waals surface area contributed by atoms with E-state index in [1.807, 2.05) is 30.3 Å². The molecule has 3 saturated heterocycles. The number of guanidine groups is 1. The van der Waals surface area contributed by atoms with Crippen LogP contribution in [0.1, 0.15) is 95.2 Å². The van der Waals surface area contributed by atoms with Gasteiger partial charge in [0.1, 0.15) is 60.4 Å². The van der Waals surface area contributed by atoms with Crippen molar-refractivity contribution in [3.05, 3.63) is 119 Å². The van der Waals surface area contributed by atoms with Crippen LogP contribution in [-0.4, -0.2) is 179 Å². The maximum atomic E-state index is 15.3. The van der Waals surface area contributed by atoms with Crippen molar-refractivity contribution in [3.8, 4) is 0 Å². The third-order valence-corrected chi connectivity index (χ3v) is 17.5. The van der Waals surface area contributed by atoms with Crippen LogP contribution in [0.25, 0.3) is 21.7 Å². The lowest BCUT2D eigenvalue weighted by molar-refractivity contribution is -0.142. The van der Waals surface area contributed by atoms with E-state index in [0.717, 1.165) is 17.7 Å². The lowest BCUT2D eigenvalue weighted by Gasteiger charge is -2.31. The van der Waals surface area contributed by atoms with Crippen molar-refractivity contribution in [1.82, 2.24) is 68.4 Å².